The quantitative estimate of drug-likeness (QED) is 0.610. The van der Waals surface area contributed by atoms with E-state index >= 15 is 0 Å². The minimum Gasteiger partial charge on any atom is -0.269 e. The highest BCUT2D eigenvalue weighted by Gasteiger charge is 2.32. The molecule has 0 atom stereocenters. The maximum absolute atomic E-state index is 12.1. The Kier molecular flexibility index (Phi) is 4.35. The summed E-state index contributed by atoms with van der Waals surface area (Å²) < 4.78 is 38.2. The lowest BCUT2D eigenvalue weighted by Gasteiger charge is -2.14. The highest BCUT2D eigenvalue weighted by molar-refractivity contribution is 14.1. The topological polar surface area (TPSA) is 65.4 Å². The third-order valence-electron chi connectivity index (χ3n) is 1.97. The van der Waals surface area contributed by atoms with Crippen LogP contribution in [0.1, 0.15) is 0 Å². The second-order valence-electron chi connectivity index (χ2n) is 3.43. The number of rotatable bonds is 3. The molecule has 0 aromatic carbocycles. The van der Waals surface area contributed by atoms with Crippen molar-refractivity contribution in [3.8, 4) is 12.1 Å². The predicted molar refractivity (Wildman–Crippen MR) is 63.8 cm³/mol. The van der Waals surface area contributed by atoms with Gasteiger partial charge in [-0.15, -0.1) is 0 Å². The Bertz CT molecular complexity index is 519. The average molecular weight is 366 g/mol. The van der Waals surface area contributed by atoms with Crippen LogP contribution in [0.3, 0.4) is 0 Å². The fourth-order valence-electron chi connectivity index (χ4n) is 1.14. The summed E-state index contributed by atoms with van der Waals surface area (Å²) in [5.41, 5.74) is -1.88. The number of hydrogen-bond acceptors (Lipinski definition) is 3. The van der Waals surface area contributed by atoms with E-state index in [1.807, 2.05) is 22.6 Å². The van der Waals surface area contributed by atoms with Crippen LogP contribution in [0.4, 0.5) is 13.2 Å². The van der Waals surface area contributed by atoms with Gasteiger partial charge in [0.2, 0.25) is 0 Å². The molecule has 0 bridgehead atoms. The highest BCUT2D eigenvalue weighted by atomic mass is 127. The molecule has 1 aromatic heterocycles. The Labute approximate surface area is 114 Å². The van der Waals surface area contributed by atoms with Crippen molar-refractivity contribution in [2.24, 2.45) is 5.41 Å². The van der Waals surface area contributed by atoms with Crippen LogP contribution in [0.15, 0.2) is 24.5 Å². The van der Waals surface area contributed by atoms with Crippen molar-refractivity contribution < 1.29 is 13.2 Å². The van der Waals surface area contributed by atoms with Gasteiger partial charge in [0, 0.05) is 12.3 Å². The fraction of sp³-hybridized carbons (Fsp3) is 0.300. The van der Waals surface area contributed by atoms with Crippen LogP contribution in [-0.4, -0.2) is 16.0 Å². The van der Waals surface area contributed by atoms with Gasteiger partial charge < -0.3 is 0 Å². The van der Waals surface area contributed by atoms with E-state index in [1.165, 1.54) is 17.1 Å². The molecule has 0 N–H and O–H groups in total. The number of hydrogen-bond donors (Lipinski definition) is 0. The van der Waals surface area contributed by atoms with E-state index in [9.17, 15) is 13.2 Å². The smallest absolute Gasteiger partial charge is 0.269 e. The summed E-state index contributed by atoms with van der Waals surface area (Å²) in [6.07, 6.45) is -1.09. The van der Waals surface area contributed by atoms with Crippen LogP contribution in [0.25, 0.3) is 0 Å². The van der Waals surface area contributed by atoms with Gasteiger partial charge in [0.15, 0.2) is 5.41 Å². The molecule has 1 aromatic rings. The van der Waals surface area contributed by atoms with Crippen LogP contribution in [0, 0.1) is 31.6 Å². The molecule has 1 rings (SSSR count). The third kappa shape index (κ3) is 4.04. The molecule has 0 aliphatic carbocycles. The van der Waals surface area contributed by atoms with Crippen molar-refractivity contribution in [2.75, 3.05) is 0 Å². The largest absolute Gasteiger partial charge is 0.409 e. The van der Waals surface area contributed by atoms with Crippen LogP contribution in [-0.2, 0) is 6.54 Å². The van der Waals surface area contributed by atoms with Gasteiger partial charge in [0.25, 0.3) is 0 Å². The van der Waals surface area contributed by atoms with E-state index < -0.39 is 11.6 Å². The molecule has 0 radical (unpaired) electrons. The number of halogens is 4. The summed E-state index contributed by atoms with van der Waals surface area (Å²) >= 11 is 1.96. The first kappa shape index (κ1) is 14.5. The van der Waals surface area contributed by atoms with Crippen molar-refractivity contribution in [3.63, 3.8) is 0 Å². The molecule has 0 spiro atoms. The standard InChI is InChI=1S/C10H6F3IN4/c11-10(12,13)2-1-9(5-15,6-16)7-18-4-8(14)3-17-18/h1-4H,7H2/b2-1+. The monoisotopic (exact) mass is 366 g/mol. The minimum atomic E-state index is -4.56. The van der Waals surface area contributed by atoms with Gasteiger partial charge in [-0.2, -0.15) is 28.8 Å². The maximum atomic E-state index is 12.1. The van der Waals surface area contributed by atoms with Gasteiger partial charge in [0.05, 0.1) is 28.5 Å². The summed E-state index contributed by atoms with van der Waals surface area (Å²) in [6, 6.07) is 3.17. The lowest BCUT2D eigenvalue weighted by molar-refractivity contribution is -0.0803. The van der Waals surface area contributed by atoms with Crippen molar-refractivity contribution >= 4 is 22.6 Å². The Morgan fingerprint density at radius 2 is 1.94 bits per heavy atom. The van der Waals surface area contributed by atoms with E-state index in [-0.39, 0.29) is 12.6 Å². The zero-order valence-corrected chi connectivity index (χ0v) is 11.0. The maximum Gasteiger partial charge on any atom is 0.409 e. The molecule has 0 aliphatic heterocycles. The second kappa shape index (κ2) is 5.40. The third-order valence-corrected chi connectivity index (χ3v) is 2.53. The van der Waals surface area contributed by atoms with Crippen molar-refractivity contribution in [1.82, 2.24) is 9.78 Å². The Morgan fingerprint density at radius 3 is 2.33 bits per heavy atom. The molecule has 0 aliphatic rings. The fourth-order valence-corrected chi connectivity index (χ4v) is 1.59. The number of aromatic nitrogens is 2. The number of nitrogens with zero attached hydrogens (tertiary/aromatic N) is 4. The zero-order valence-electron chi connectivity index (χ0n) is 8.82. The lowest BCUT2D eigenvalue weighted by atomic mass is 9.91. The Morgan fingerprint density at radius 1 is 1.33 bits per heavy atom. The molecule has 4 nitrogen and oxygen atoms in total. The molecule has 0 saturated carbocycles. The molecule has 18 heavy (non-hydrogen) atoms. The number of allylic oxidation sites excluding steroid dienone is 2. The molecule has 0 fully saturated rings. The summed E-state index contributed by atoms with van der Waals surface area (Å²) in [6.45, 7) is -0.254. The minimum absolute atomic E-state index is 0.103. The average Bonchev–Trinajstić information content (AvgIpc) is 2.69. The summed E-state index contributed by atoms with van der Waals surface area (Å²) in [4.78, 5) is 0. The zero-order chi connectivity index (χ0) is 13.8. The molecule has 8 heteroatoms. The van der Waals surface area contributed by atoms with Gasteiger partial charge in [-0.1, -0.05) is 0 Å². The first-order chi connectivity index (χ1) is 8.30. The highest BCUT2D eigenvalue weighted by Crippen LogP contribution is 2.24. The van der Waals surface area contributed by atoms with E-state index in [0.29, 0.717) is 6.08 Å². The normalized spacial score (nSPS) is 12.3. The Balaban J connectivity index is 2.99. The Hall–Kier alpha value is -1.55. The van der Waals surface area contributed by atoms with E-state index in [0.717, 1.165) is 3.57 Å². The summed E-state index contributed by atoms with van der Waals surface area (Å²) in [5, 5.41) is 21.6. The first-order valence-electron chi connectivity index (χ1n) is 4.58. The second-order valence-corrected chi connectivity index (χ2v) is 4.67. The summed E-state index contributed by atoms with van der Waals surface area (Å²) in [7, 11) is 0. The van der Waals surface area contributed by atoms with E-state index in [2.05, 4.69) is 5.10 Å². The van der Waals surface area contributed by atoms with Crippen LogP contribution in [0.5, 0.6) is 0 Å². The number of nitriles is 2. The van der Waals surface area contributed by atoms with Crippen molar-refractivity contribution in [1.29, 1.82) is 10.5 Å². The van der Waals surface area contributed by atoms with Gasteiger partial charge in [-0.25, -0.2) is 0 Å². The van der Waals surface area contributed by atoms with Gasteiger partial charge in [0.1, 0.15) is 0 Å². The molecule has 1 heterocycles. The molecular formula is C10H6F3IN4. The van der Waals surface area contributed by atoms with Gasteiger partial charge in [-0.05, 0) is 28.7 Å². The SMILES string of the molecule is N#CC(C#N)(/C=C/C(F)(F)F)Cn1cc(I)cn1. The van der Waals surface area contributed by atoms with Crippen molar-refractivity contribution in [2.45, 2.75) is 12.7 Å². The molecule has 0 unspecified atom stereocenters. The van der Waals surface area contributed by atoms with E-state index in [1.54, 1.807) is 12.1 Å². The van der Waals surface area contributed by atoms with Crippen molar-refractivity contribution in [3.05, 3.63) is 28.1 Å². The van der Waals surface area contributed by atoms with E-state index in [4.69, 9.17) is 10.5 Å². The van der Waals surface area contributed by atoms with Crippen LogP contribution >= 0.6 is 22.6 Å². The van der Waals surface area contributed by atoms with Crippen LogP contribution in [0.2, 0.25) is 0 Å². The van der Waals surface area contributed by atoms with Gasteiger partial charge in [-0.3, -0.25) is 4.68 Å². The number of alkyl halides is 3. The van der Waals surface area contributed by atoms with Crippen LogP contribution < -0.4 is 0 Å². The summed E-state index contributed by atoms with van der Waals surface area (Å²) in [5.74, 6) is 0. The predicted octanol–water partition coefficient (Wildman–Crippen LogP) is 2.64. The molecular weight excluding hydrogens is 360 g/mol. The molecule has 94 valence electrons. The first-order valence-corrected chi connectivity index (χ1v) is 5.66. The molecule has 0 amide bonds. The lowest BCUT2D eigenvalue weighted by Crippen LogP contribution is -2.22. The van der Waals surface area contributed by atoms with Gasteiger partial charge >= 0.3 is 6.18 Å². The molecule has 0 saturated heterocycles.